The van der Waals surface area contributed by atoms with Crippen LogP contribution in [0.1, 0.15) is 12.7 Å². The first kappa shape index (κ1) is 11.7. The van der Waals surface area contributed by atoms with Crippen LogP contribution in [0.4, 0.5) is 0 Å². The van der Waals surface area contributed by atoms with Gasteiger partial charge in [-0.05, 0) is 35.8 Å². The average molecular weight is 325 g/mol. The summed E-state index contributed by atoms with van der Waals surface area (Å²) in [6, 6.07) is 2.06. The van der Waals surface area contributed by atoms with Gasteiger partial charge in [-0.1, -0.05) is 11.3 Å². The summed E-state index contributed by atoms with van der Waals surface area (Å²) in [4.78, 5) is 0.825. The van der Waals surface area contributed by atoms with Gasteiger partial charge in [0.1, 0.15) is 6.54 Å². The number of hydrogen-bond acceptors (Lipinski definition) is 4. The first-order chi connectivity index (χ1) is 8.67. The van der Waals surface area contributed by atoms with Gasteiger partial charge < -0.3 is 0 Å². The second kappa shape index (κ2) is 4.40. The summed E-state index contributed by atoms with van der Waals surface area (Å²) in [5.41, 5.74) is 1.08. The third-order valence-electron chi connectivity index (χ3n) is 2.65. The van der Waals surface area contributed by atoms with E-state index in [9.17, 15) is 0 Å². The molecule has 0 unspecified atom stereocenters. The quantitative estimate of drug-likeness (QED) is 0.679. The Hall–Kier alpha value is -1.34. The normalized spacial score (nSPS) is 11.3. The van der Waals surface area contributed by atoms with E-state index in [1.54, 1.807) is 15.9 Å². The molecule has 0 aliphatic heterocycles. The number of nitrogens with zero attached hydrogens (tertiary/aromatic N) is 5. The van der Waals surface area contributed by atoms with Crippen molar-refractivity contribution in [1.29, 1.82) is 0 Å². The van der Waals surface area contributed by atoms with E-state index >= 15 is 0 Å². The molecule has 0 N–H and O–H groups in total. The summed E-state index contributed by atoms with van der Waals surface area (Å²) in [5, 5.41) is 13.6. The van der Waals surface area contributed by atoms with E-state index in [4.69, 9.17) is 0 Å². The first-order valence-corrected chi connectivity index (χ1v) is 7.17. The zero-order chi connectivity index (χ0) is 12.7. The van der Waals surface area contributed by atoms with Gasteiger partial charge in [0.2, 0.25) is 4.96 Å². The Kier molecular flexibility index (Phi) is 2.87. The number of rotatable bonds is 2. The standard InChI is InChI=1S/C11H11BrN5S/c1-3-16-5-8(4-9(12)6-16)10-15-17-7(2)13-14-11(17)18-10/h4-6H,3H2,1-2H3/q+1. The molecule has 0 aromatic carbocycles. The summed E-state index contributed by atoms with van der Waals surface area (Å²) < 4.78 is 4.94. The van der Waals surface area contributed by atoms with Crippen molar-refractivity contribution < 1.29 is 4.57 Å². The molecule has 0 aliphatic rings. The Labute approximate surface area is 116 Å². The molecule has 3 aromatic heterocycles. The second-order valence-electron chi connectivity index (χ2n) is 3.92. The fourth-order valence-corrected chi connectivity index (χ4v) is 3.10. The smallest absolute Gasteiger partial charge is 0.204 e. The zero-order valence-corrected chi connectivity index (χ0v) is 12.4. The van der Waals surface area contributed by atoms with Crippen molar-refractivity contribution in [2.24, 2.45) is 0 Å². The molecule has 0 atom stereocenters. The van der Waals surface area contributed by atoms with Crippen molar-refractivity contribution in [3.8, 4) is 10.6 Å². The van der Waals surface area contributed by atoms with Crippen LogP contribution >= 0.6 is 27.3 Å². The molecule has 0 radical (unpaired) electrons. The van der Waals surface area contributed by atoms with Crippen LogP contribution in [0.2, 0.25) is 0 Å². The van der Waals surface area contributed by atoms with Gasteiger partial charge >= 0.3 is 0 Å². The third-order valence-corrected chi connectivity index (χ3v) is 4.03. The predicted octanol–water partition coefficient (Wildman–Crippen LogP) is 2.23. The minimum atomic E-state index is 0.811. The molecule has 0 aliphatic carbocycles. The molecule has 0 spiro atoms. The molecule has 18 heavy (non-hydrogen) atoms. The molecular formula is C11H11BrN5S+. The Bertz CT molecular complexity index is 717. The Morgan fingerprint density at radius 3 is 2.94 bits per heavy atom. The minimum Gasteiger partial charge on any atom is -0.204 e. The number of hydrogen-bond donors (Lipinski definition) is 0. The number of pyridine rings is 1. The van der Waals surface area contributed by atoms with Crippen LogP contribution in [0.15, 0.2) is 22.9 Å². The number of aryl methyl sites for hydroxylation is 2. The van der Waals surface area contributed by atoms with Gasteiger partial charge in [-0.25, -0.2) is 4.57 Å². The van der Waals surface area contributed by atoms with Crippen LogP contribution in [-0.4, -0.2) is 19.8 Å². The number of fused-ring (bicyclic) bond motifs is 1. The Morgan fingerprint density at radius 1 is 1.39 bits per heavy atom. The molecule has 3 rings (SSSR count). The van der Waals surface area contributed by atoms with Crippen molar-refractivity contribution in [3.05, 3.63) is 28.8 Å². The second-order valence-corrected chi connectivity index (χ2v) is 5.79. The van der Waals surface area contributed by atoms with Crippen LogP contribution in [0.25, 0.3) is 15.5 Å². The van der Waals surface area contributed by atoms with E-state index in [2.05, 4.69) is 61.2 Å². The molecule has 5 nitrogen and oxygen atoms in total. The lowest BCUT2D eigenvalue weighted by atomic mass is 10.3. The number of aromatic nitrogens is 5. The molecule has 3 heterocycles. The molecular weight excluding hydrogens is 314 g/mol. The monoisotopic (exact) mass is 324 g/mol. The van der Waals surface area contributed by atoms with Crippen molar-refractivity contribution in [1.82, 2.24) is 19.8 Å². The van der Waals surface area contributed by atoms with Crippen molar-refractivity contribution in [2.45, 2.75) is 20.4 Å². The van der Waals surface area contributed by atoms with E-state index in [1.807, 2.05) is 6.92 Å². The summed E-state index contributed by atoms with van der Waals surface area (Å²) in [7, 11) is 0. The lowest BCUT2D eigenvalue weighted by molar-refractivity contribution is -0.693. The highest BCUT2D eigenvalue weighted by Gasteiger charge is 2.14. The highest BCUT2D eigenvalue weighted by molar-refractivity contribution is 9.10. The zero-order valence-electron chi connectivity index (χ0n) is 9.96. The summed E-state index contributed by atoms with van der Waals surface area (Å²) in [6.07, 6.45) is 4.14. The predicted molar refractivity (Wildman–Crippen MR) is 72.4 cm³/mol. The Morgan fingerprint density at radius 2 is 2.22 bits per heavy atom. The maximum Gasteiger partial charge on any atom is 0.234 e. The van der Waals surface area contributed by atoms with E-state index < -0.39 is 0 Å². The van der Waals surface area contributed by atoms with Gasteiger partial charge in [0.05, 0.1) is 10.0 Å². The van der Waals surface area contributed by atoms with Crippen molar-refractivity contribution in [3.63, 3.8) is 0 Å². The topological polar surface area (TPSA) is 47.0 Å². The SMILES string of the molecule is CC[n+]1cc(Br)cc(-c2nn3c(C)nnc3s2)c1. The molecule has 0 saturated heterocycles. The third kappa shape index (κ3) is 1.93. The van der Waals surface area contributed by atoms with E-state index in [0.29, 0.717) is 0 Å². The van der Waals surface area contributed by atoms with Crippen molar-refractivity contribution in [2.75, 3.05) is 0 Å². The van der Waals surface area contributed by atoms with Crippen molar-refractivity contribution >= 4 is 32.2 Å². The van der Waals surface area contributed by atoms with Crippen LogP contribution in [0.3, 0.4) is 0 Å². The van der Waals surface area contributed by atoms with Crippen LogP contribution in [0, 0.1) is 6.92 Å². The van der Waals surface area contributed by atoms with Gasteiger partial charge in [0.15, 0.2) is 23.2 Å². The highest BCUT2D eigenvalue weighted by atomic mass is 79.9. The van der Waals surface area contributed by atoms with Gasteiger partial charge in [0.25, 0.3) is 0 Å². The van der Waals surface area contributed by atoms with Crippen LogP contribution in [-0.2, 0) is 6.54 Å². The summed E-state index contributed by atoms with van der Waals surface area (Å²) in [5.74, 6) is 0.811. The highest BCUT2D eigenvalue weighted by Crippen LogP contribution is 2.26. The lowest BCUT2D eigenvalue weighted by Gasteiger charge is -1.97. The fourth-order valence-electron chi connectivity index (χ4n) is 1.73. The molecule has 3 aromatic rings. The molecule has 0 bridgehead atoms. The average Bonchev–Trinajstić information content (AvgIpc) is 2.91. The van der Waals surface area contributed by atoms with Gasteiger partial charge in [-0.3, -0.25) is 0 Å². The van der Waals surface area contributed by atoms with Gasteiger partial charge in [-0.15, -0.1) is 10.2 Å². The molecule has 0 amide bonds. The van der Waals surface area contributed by atoms with E-state index in [0.717, 1.165) is 32.4 Å². The van der Waals surface area contributed by atoms with Gasteiger partial charge in [-0.2, -0.15) is 9.61 Å². The van der Waals surface area contributed by atoms with Crippen LogP contribution < -0.4 is 4.57 Å². The largest absolute Gasteiger partial charge is 0.234 e. The maximum atomic E-state index is 4.54. The molecule has 0 fully saturated rings. The summed E-state index contributed by atoms with van der Waals surface area (Å²) in [6.45, 7) is 4.94. The molecule has 7 heteroatoms. The number of halogens is 1. The summed E-state index contributed by atoms with van der Waals surface area (Å²) >= 11 is 5.06. The van der Waals surface area contributed by atoms with Crippen LogP contribution in [0.5, 0.6) is 0 Å². The van der Waals surface area contributed by atoms with E-state index in [1.165, 1.54) is 0 Å². The lowest BCUT2D eigenvalue weighted by Crippen LogP contribution is -2.31. The maximum absolute atomic E-state index is 4.54. The van der Waals surface area contributed by atoms with E-state index in [-0.39, 0.29) is 0 Å². The van der Waals surface area contributed by atoms with Gasteiger partial charge in [0, 0.05) is 0 Å². The molecule has 0 saturated carbocycles. The molecule has 92 valence electrons. The fraction of sp³-hybridized carbons (Fsp3) is 0.273. The minimum absolute atomic E-state index is 0.811. The Balaban J connectivity index is 2.15. The first-order valence-electron chi connectivity index (χ1n) is 5.56.